The van der Waals surface area contributed by atoms with Gasteiger partial charge in [0, 0.05) is 36.3 Å². The normalized spacial score (nSPS) is 10.2. The van der Waals surface area contributed by atoms with E-state index in [2.05, 4.69) is 5.32 Å². The lowest BCUT2D eigenvalue weighted by Crippen LogP contribution is -2.32. The van der Waals surface area contributed by atoms with Crippen LogP contribution in [0.15, 0.2) is 18.2 Å². The molecule has 98 valence electrons. The van der Waals surface area contributed by atoms with Gasteiger partial charge in [0.2, 0.25) is 0 Å². The number of ether oxygens (including phenoxy) is 1. The zero-order chi connectivity index (χ0) is 13.5. The number of amides is 1. The lowest BCUT2D eigenvalue weighted by molar-refractivity contribution is 0.0948. The van der Waals surface area contributed by atoms with Gasteiger partial charge in [-0.25, -0.2) is 0 Å². The van der Waals surface area contributed by atoms with Crippen molar-refractivity contribution in [1.82, 2.24) is 5.32 Å². The van der Waals surface area contributed by atoms with E-state index in [-0.39, 0.29) is 16.4 Å². The van der Waals surface area contributed by atoms with Crippen LogP contribution in [-0.2, 0) is 4.74 Å². The molecule has 0 bridgehead atoms. The van der Waals surface area contributed by atoms with Gasteiger partial charge >= 0.3 is 7.12 Å². The van der Waals surface area contributed by atoms with Gasteiger partial charge in [-0.2, -0.15) is 0 Å². The molecule has 0 heterocycles. The van der Waals surface area contributed by atoms with E-state index in [1.165, 1.54) is 18.2 Å². The smallest absolute Gasteiger partial charge is 0.423 e. The number of carbonyl (C=O) groups excluding carboxylic acids is 1. The number of hydrogen-bond acceptors (Lipinski definition) is 4. The average molecular weight is 272 g/mol. The molecule has 0 saturated heterocycles. The monoisotopic (exact) mass is 271 g/mol. The Morgan fingerprint density at radius 1 is 1.50 bits per heavy atom. The number of rotatable bonds is 6. The Labute approximate surface area is 111 Å². The third kappa shape index (κ3) is 4.31. The highest BCUT2D eigenvalue weighted by Crippen LogP contribution is 2.09. The molecule has 1 aromatic carbocycles. The Kier molecular flexibility index (Phi) is 6.14. The van der Waals surface area contributed by atoms with Crippen LogP contribution in [0.2, 0.25) is 5.02 Å². The number of nitrogens with one attached hydrogen (secondary N) is 1. The van der Waals surface area contributed by atoms with Crippen molar-refractivity contribution in [2.45, 2.75) is 6.42 Å². The van der Waals surface area contributed by atoms with E-state index in [1.807, 2.05) is 0 Å². The summed E-state index contributed by atoms with van der Waals surface area (Å²) in [5, 5.41) is 20.8. The first-order chi connectivity index (χ1) is 8.56. The minimum absolute atomic E-state index is 0.148. The molecule has 0 saturated carbocycles. The van der Waals surface area contributed by atoms with Crippen molar-refractivity contribution in [1.29, 1.82) is 0 Å². The maximum Gasteiger partial charge on any atom is 0.489 e. The topological polar surface area (TPSA) is 78.8 Å². The summed E-state index contributed by atoms with van der Waals surface area (Å²) in [5.74, 6) is -0.257. The van der Waals surface area contributed by atoms with Crippen molar-refractivity contribution in [2.24, 2.45) is 0 Å². The van der Waals surface area contributed by atoms with Crippen molar-refractivity contribution in [3.8, 4) is 0 Å². The van der Waals surface area contributed by atoms with Crippen LogP contribution in [0.1, 0.15) is 16.8 Å². The van der Waals surface area contributed by atoms with E-state index >= 15 is 0 Å². The van der Waals surface area contributed by atoms with Crippen LogP contribution in [0.4, 0.5) is 0 Å². The van der Waals surface area contributed by atoms with Crippen molar-refractivity contribution >= 4 is 30.1 Å². The van der Waals surface area contributed by atoms with E-state index < -0.39 is 7.12 Å². The summed E-state index contributed by atoms with van der Waals surface area (Å²) in [5.41, 5.74) is 0.550. The second kappa shape index (κ2) is 7.38. The van der Waals surface area contributed by atoms with Crippen LogP contribution < -0.4 is 10.8 Å². The van der Waals surface area contributed by atoms with E-state index in [0.717, 1.165) is 6.42 Å². The molecule has 0 atom stereocenters. The highest BCUT2D eigenvalue weighted by molar-refractivity contribution is 6.62. The second-order valence-electron chi connectivity index (χ2n) is 3.71. The summed E-state index contributed by atoms with van der Waals surface area (Å²) in [6, 6.07) is 4.31. The van der Waals surface area contributed by atoms with Crippen LogP contribution in [-0.4, -0.2) is 43.3 Å². The van der Waals surface area contributed by atoms with Crippen molar-refractivity contribution in [3.63, 3.8) is 0 Å². The van der Waals surface area contributed by atoms with Crippen LogP contribution >= 0.6 is 11.6 Å². The number of halogens is 1. The van der Waals surface area contributed by atoms with Gasteiger partial charge in [0.15, 0.2) is 0 Å². The summed E-state index contributed by atoms with van der Waals surface area (Å²) in [7, 11) is -0.0446. The van der Waals surface area contributed by atoms with Crippen molar-refractivity contribution in [3.05, 3.63) is 28.8 Å². The quantitative estimate of drug-likeness (QED) is 0.494. The molecule has 0 aliphatic heterocycles. The van der Waals surface area contributed by atoms with Gasteiger partial charge in [-0.3, -0.25) is 4.79 Å². The molecule has 5 nitrogen and oxygen atoms in total. The predicted molar refractivity (Wildman–Crippen MR) is 70.1 cm³/mol. The Balaban J connectivity index is 2.61. The zero-order valence-corrected chi connectivity index (χ0v) is 10.8. The number of carbonyl (C=O) groups is 1. The van der Waals surface area contributed by atoms with Gasteiger partial charge in [-0.15, -0.1) is 0 Å². The van der Waals surface area contributed by atoms with Crippen LogP contribution in [0.5, 0.6) is 0 Å². The van der Waals surface area contributed by atoms with Gasteiger partial charge in [0.25, 0.3) is 5.91 Å². The molecule has 0 aromatic heterocycles. The zero-order valence-electron chi connectivity index (χ0n) is 10.0. The Bertz CT molecular complexity index is 414. The first kappa shape index (κ1) is 15.0. The predicted octanol–water partition coefficient (Wildman–Crippen LogP) is -0.214. The molecule has 7 heteroatoms. The molecule has 1 rings (SSSR count). The molecule has 0 fully saturated rings. The molecule has 0 unspecified atom stereocenters. The van der Waals surface area contributed by atoms with Gasteiger partial charge in [0.1, 0.15) is 0 Å². The van der Waals surface area contributed by atoms with Crippen LogP contribution in [0.25, 0.3) is 0 Å². The number of hydrogen-bond donors (Lipinski definition) is 3. The maximum absolute atomic E-state index is 11.7. The first-order valence-corrected chi connectivity index (χ1v) is 5.86. The summed E-state index contributed by atoms with van der Waals surface area (Å²) in [6.07, 6.45) is 0.726. The fourth-order valence-electron chi connectivity index (χ4n) is 1.40. The molecule has 3 N–H and O–H groups in total. The molecule has 0 aliphatic rings. The minimum Gasteiger partial charge on any atom is -0.423 e. The lowest BCUT2D eigenvalue weighted by Gasteiger charge is -2.07. The molecule has 1 aromatic rings. The summed E-state index contributed by atoms with van der Waals surface area (Å²) < 4.78 is 4.86. The Morgan fingerprint density at radius 2 is 2.22 bits per heavy atom. The van der Waals surface area contributed by atoms with Gasteiger partial charge in [-0.05, 0) is 18.6 Å². The fourth-order valence-corrected chi connectivity index (χ4v) is 1.68. The van der Waals surface area contributed by atoms with Gasteiger partial charge in [0.05, 0.1) is 0 Å². The molecule has 0 spiro atoms. The van der Waals surface area contributed by atoms with Crippen molar-refractivity contribution in [2.75, 3.05) is 20.3 Å². The molecule has 18 heavy (non-hydrogen) atoms. The minimum atomic E-state index is -1.64. The summed E-state index contributed by atoms with van der Waals surface area (Å²) >= 11 is 5.83. The largest absolute Gasteiger partial charge is 0.489 e. The van der Waals surface area contributed by atoms with Gasteiger partial charge < -0.3 is 20.1 Å². The molecule has 0 aliphatic carbocycles. The standard InChI is InChI=1S/C11H15BClNO4/c1-18-6-2-5-14-11(15)8-3-4-9(12(16)17)10(13)7-8/h3-4,7,16-17H,2,5-6H2,1H3,(H,14,15). The average Bonchev–Trinajstić information content (AvgIpc) is 2.33. The third-order valence-electron chi connectivity index (χ3n) is 2.35. The molecule has 0 radical (unpaired) electrons. The molecule has 1 amide bonds. The second-order valence-corrected chi connectivity index (χ2v) is 4.12. The summed E-state index contributed by atoms with van der Waals surface area (Å²) in [6.45, 7) is 1.09. The summed E-state index contributed by atoms with van der Waals surface area (Å²) in [4.78, 5) is 11.7. The number of benzene rings is 1. The van der Waals surface area contributed by atoms with E-state index in [9.17, 15) is 4.79 Å². The number of methoxy groups -OCH3 is 1. The first-order valence-electron chi connectivity index (χ1n) is 5.49. The highest BCUT2D eigenvalue weighted by Gasteiger charge is 2.16. The maximum atomic E-state index is 11.7. The van der Waals surface area contributed by atoms with E-state index in [0.29, 0.717) is 18.7 Å². The Morgan fingerprint density at radius 3 is 2.78 bits per heavy atom. The SMILES string of the molecule is COCCCNC(=O)c1ccc(B(O)O)c(Cl)c1. The lowest BCUT2D eigenvalue weighted by atomic mass is 9.80. The van der Waals surface area contributed by atoms with Crippen molar-refractivity contribution < 1.29 is 19.6 Å². The Hall–Kier alpha value is -1.08. The van der Waals surface area contributed by atoms with E-state index in [1.54, 1.807) is 7.11 Å². The third-order valence-corrected chi connectivity index (χ3v) is 2.68. The highest BCUT2D eigenvalue weighted by atomic mass is 35.5. The molecular formula is C11H15BClNO4. The molecular weight excluding hydrogens is 256 g/mol. The van der Waals surface area contributed by atoms with Crippen LogP contribution in [0.3, 0.4) is 0 Å². The van der Waals surface area contributed by atoms with Gasteiger partial charge in [-0.1, -0.05) is 17.7 Å². The fraction of sp³-hybridized carbons (Fsp3) is 0.364. The van der Waals surface area contributed by atoms with E-state index in [4.69, 9.17) is 26.4 Å². The van der Waals surface area contributed by atoms with Crippen LogP contribution in [0, 0.1) is 0 Å².